The highest BCUT2D eigenvalue weighted by atomic mass is 19.2. The summed E-state index contributed by atoms with van der Waals surface area (Å²) in [6.45, 7) is 10.1. The number of aryl methyl sites for hydroxylation is 5. The first kappa shape index (κ1) is 36.5. The number of ether oxygens (including phenoxy) is 1. The number of rotatable bonds is 12. The highest BCUT2D eigenvalue weighted by Gasteiger charge is 2.30. The van der Waals surface area contributed by atoms with Crippen molar-refractivity contribution >= 4 is 17.8 Å². The van der Waals surface area contributed by atoms with Crippen LogP contribution < -0.4 is 22.0 Å². The number of halogens is 2. The monoisotopic (exact) mass is 679 g/mol. The highest BCUT2D eigenvalue weighted by Crippen LogP contribution is 2.34. The van der Waals surface area contributed by atoms with E-state index in [2.05, 4.69) is 10.6 Å². The third kappa shape index (κ3) is 8.78. The zero-order chi connectivity index (χ0) is 36.2. The quantitative estimate of drug-likeness (QED) is 0.193. The maximum absolute atomic E-state index is 15.7. The van der Waals surface area contributed by atoms with Gasteiger partial charge in [-0.05, 0) is 86.6 Å². The Morgan fingerprint density at radius 2 is 1.63 bits per heavy atom. The molecule has 4 rings (SSSR count). The van der Waals surface area contributed by atoms with Crippen LogP contribution in [0.3, 0.4) is 0 Å². The molecular formula is C36H39F2N3O8. The Morgan fingerprint density at radius 1 is 0.959 bits per heavy atom. The first-order chi connectivity index (χ1) is 23.0. The van der Waals surface area contributed by atoms with Gasteiger partial charge in [0.2, 0.25) is 5.91 Å². The summed E-state index contributed by atoms with van der Waals surface area (Å²) >= 11 is 0. The van der Waals surface area contributed by atoms with Gasteiger partial charge >= 0.3 is 11.8 Å². The first-order valence-electron chi connectivity index (χ1n) is 15.6. The molecule has 0 spiro atoms. The summed E-state index contributed by atoms with van der Waals surface area (Å²) in [6, 6.07) is 6.34. The lowest BCUT2D eigenvalue weighted by Gasteiger charge is -2.25. The molecule has 0 aliphatic heterocycles. The Bertz CT molecular complexity index is 1990. The Morgan fingerprint density at radius 3 is 2.24 bits per heavy atom. The average Bonchev–Trinajstić information content (AvgIpc) is 3.33. The molecule has 2 amide bonds. The first-order valence-corrected chi connectivity index (χ1v) is 15.6. The molecule has 2 atom stereocenters. The van der Waals surface area contributed by atoms with Crippen LogP contribution in [0.5, 0.6) is 0 Å². The minimum absolute atomic E-state index is 0.0461. The van der Waals surface area contributed by atoms with E-state index in [1.807, 2.05) is 46.8 Å². The molecule has 2 N–H and O–H groups in total. The fraction of sp³-hybridized carbons (Fsp3) is 0.361. The van der Waals surface area contributed by atoms with Crippen LogP contribution in [0.25, 0.3) is 11.1 Å². The molecule has 0 saturated heterocycles. The van der Waals surface area contributed by atoms with Crippen molar-refractivity contribution in [1.82, 2.24) is 15.2 Å². The van der Waals surface area contributed by atoms with Crippen LogP contribution in [0.15, 0.2) is 61.0 Å². The van der Waals surface area contributed by atoms with Crippen molar-refractivity contribution in [2.24, 2.45) is 13.0 Å². The van der Waals surface area contributed by atoms with E-state index in [1.165, 1.54) is 42.9 Å². The number of aromatic nitrogens is 1. The van der Waals surface area contributed by atoms with Crippen molar-refractivity contribution < 1.29 is 36.7 Å². The molecule has 2 heterocycles. The zero-order valence-corrected chi connectivity index (χ0v) is 28.4. The molecule has 0 bridgehead atoms. The van der Waals surface area contributed by atoms with Gasteiger partial charge in [-0.2, -0.15) is 0 Å². The number of benzene rings is 2. The zero-order valence-electron chi connectivity index (χ0n) is 28.4. The Hall–Kier alpha value is -5.33. The maximum Gasteiger partial charge on any atom is 0.519 e. The standard InChI is InChI=1S/C36H39F2N3O8/c1-18(2)11-28(40-33(43)24-9-8-10-41(7)35(24)45)34(44)39-27(16-30(42)47-17-29-22(6)48-36(46)49-29)25-14-23(15-26(37)32(25)38)31-20(4)12-19(3)13-21(31)5/h8-10,12-15,18,27-28H,11,16-17H2,1-7H3,(H,39,44)(H,40,43)/t27?,28-/m0/s1. The normalized spacial score (nSPS) is 12.4. The number of nitrogens with zero attached hydrogens (tertiary/aromatic N) is 1. The van der Waals surface area contributed by atoms with Crippen molar-refractivity contribution in [3.63, 3.8) is 0 Å². The van der Waals surface area contributed by atoms with Crippen LogP contribution in [0, 0.1) is 45.2 Å². The number of esters is 1. The lowest BCUT2D eigenvalue weighted by atomic mass is 9.90. The molecule has 1 unspecified atom stereocenters. The van der Waals surface area contributed by atoms with Crippen molar-refractivity contribution in [1.29, 1.82) is 0 Å². The maximum atomic E-state index is 15.7. The topological polar surface area (TPSA) is 150 Å². The van der Waals surface area contributed by atoms with Crippen LogP contribution in [0.1, 0.15) is 76.9 Å². The summed E-state index contributed by atoms with van der Waals surface area (Å²) < 4.78 is 47.1. The summed E-state index contributed by atoms with van der Waals surface area (Å²) in [5.74, 6) is -6.13. The van der Waals surface area contributed by atoms with E-state index < -0.39 is 65.9 Å². The Kier molecular flexibility index (Phi) is 11.4. The van der Waals surface area contributed by atoms with Gasteiger partial charge in [0.15, 0.2) is 29.8 Å². The molecule has 0 aliphatic carbocycles. The van der Waals surface area contributed by atoms with Crippen molar-refractivity contribution in [2.75, 3.05) is 0 Å². The van der Waals surface area contributed by atoms with Crippen LogP contribution in [0.4, 0.5) is 8.78 Å². The van der Waals surface area contributed by atoms with E-state index in [1.54, 1.807) is 0 Å². The molecule has 0 aliphatic rings. The molecule has 49 heavy (non-hydrogen) atoms. The summed E-state index contributed by atoms with van der Waals surface area (Å²) in [5, 5.41) is 5.20. The Labute approximate surface area is 281 Å². The summed E-state index contributed by atoms with van der Waals surface area (Å²) in [4.78, 5) is 64.1. The molecule has 2 aromatic heterocycles. The van der Waals surface area contributed by atoms with Crippen LogP contribution in [-0.4, -0.2) is 28.4 Å². The van der Waals surface area contributed by atoms with Gasteiger partial charge < -0.3 is 28.8 Å². The summed E-state index contributed by atoms with van der Waals surface area (Å²) in [5.41, 5.74) is 2.44. The van der Waals surface area contributed by atoms with E-state index in [0.717, 1.165) is 22.8 Å². The van der Waals surface area contributed by atoms with Gasteiger partial charge in [0.25, 0.3) is 11.5 Å². The number of pyridine rings is 1. The van der Waals surface area contributed by atoms with Crippen LogP contribution in [0.2, 0.25) is 0 Å². The van der Waals surface area contributed by atoms with Crippen LogP contribution in [-0.2, 0) is 28.0 Å². The predicted molar refractivity (Wildman–Crippen MR) is 176 cm³/mol. The van der Waals surface area contributed by atoms with Gasteiger partial charge in [-0.1, -0.05) is 31.5 Å². The highest BCUT2D eigenvalue weighted by molar-refractivity contribution is 5.97. The van der Waals surface area contributed by atoms with Crippen molar-refractivity contribution in [2.45, 2.75) is 73.1 Å². The average molecular weight is 680 g/mol. The SMILES string of the molecule is Cc1cc(C)c(-c2cc(F)c(F)c(C(CC(=O)OCc3oc(=O)oc3C)NC(=O)[C@H](CC(C)C)NC(=O)c3cccn(C)c3=O)c2)c(C)c1. The van der Waals surface area contributed by atoms with E-state index in [0.29, 0.717) is 11.1 Å². The molecule has 0 fully saturated rings. The number of amides is 2. The van der Waals surface area contributed by atoms with E-state index in [4.69, 9.17) is 13.6 Å². The molecule has 0 saturated carbocycles. The van der Waals surface area contributed by atoms with Gasteiger partial charge in [-0.25, -0.2) is 13.6 Å². The minimum atomic E-state index is -1.48. The third-order valence-corrected chi connectivity index (χ3v) is 7.98. The Balaban J connectivity index is 1.72. The number of hydrogen-bond donors (Lipinski definition) is 2. The van der Waals surface area contributed by atoms with E-state index in [-0.39, 0.29) is 35.0 Å². The smallest absolute Gasteiger partial charge is 0.457 e. The fourth-order valence-electron chi connectivity index (χ4n) is 5.74. The molecule has 260 valence electrons. The predicted octanol–water partition coefficient (Wildman–Crippen LogP) is 5.25. The molecule has 0 radical (unpaired) electrons. The summed E-state index contributed by atoms with van der Waals surface area (Å²) in [7, 11) is 1.48. The molecule has 13 heteroatoms. The van der Waals surface area contributed by atoms with E-state index >= 15 is 8.78 Å². The van der Waals surface area contributed by atoms with Gasteiger partial charge in [0.1, 0.15) is 11.6 Å². The van der Waals surface area contributed by atoms with Gasteiger partial charge in [-0.15, -0.1) is 0 Å². The second-order valence-electron chi connectivity index (χ2n) is 12.5. The fourth-order valence-corrected chi connectivity index (χ4v) is 5.74. The lowest BCUT2D eigenvalue weighted by molar-refractivity contribution is -0.146. The summed E-state index contributed by atoms with van der Waals surface area (Å²) in [6.07, 6.45) is 0.920. The van der Waals surface area contributed by atoms with Gasteiger partial charge in [0, 0.05) is 18.8 Å². The van der Waals surface area contributed by atoms with Crippen molar-refractivity contribution in [3.8, 4) is 11.1 Å². The van der Waals surface area contributed by atoms with E-state index in [9.17, 15) is 24.0 Å². The molecule has 4 aromatic rings. The number of carbonyl (C=O) groups is 3. The molecule has 11 nitrogen and oxygen atoms in total. The number of hydrogen-bond acceptors (Lipinski definition) is 8. The number of carbonyl (C=O) groups excluding carboxylic acids is 3. The lowest BCUT2D eigenvalue weighted by Crippen LogP contribution is -2.49. The molecular weight excluding hydrogens is 640 g/mol. The second-order valence-corrected chi connectivity index (χ2v) is 12.5. The largest absolute Gasteiger partial charge is 0.519 e. The number of nitrogens with one attached hydrogen (secondary N) is 2. The minimum Gasteiger partial charge on any atom is -0.457 e. The van der Waals surface area contributed by atoms with Gasteiger partial charge in [0.05, 0.1) is 12.5 Å². The third-order valence-electron chi connectivity index (χ3n) is 7.98. The second kappa shape index (κ2) is 15.3. The van der Waals surface area contributed by atoms with Gasteiger partial charge in [-0.3, -0.25) is 19.2 Å². The van der Waals surface area contributed by atoms with Crippen molar-refractivity contribution in [3.05, 3.63) is 115 Å². The molecule has 2 aromatic carbocycles. The van der Waals surface area contributed by atoms with Crippen LogP contribution >= 0.6 is 0 Å².